The number of rotatable bonds is 8. The number of benzene rings is 1. The van der Waals surface area contributed by atoms with E-state index in [0.29, 0.717) is 13.1 Å². The number of aryl methyl sites for hydroxylation is 2. The molecule has 6 nitrogen and oxygen atoms in total. The summed E-state index contributed by atoms with van der Waals surface area (Å²) < 4.78 is 0. The van der Waals surface area contributed by atoms with Crippen molar-refractivity contribution in [1.82, 2.24) is 10.6 Å². The fourth-order valence-corrected chi connectivity index (χ4v) is 2.42. The molecule has 0 radical (unpaired) electrons. The first-order valence-corrected chi connectivity index (χ1v) is 6.93. The third kappa shape index (κ3) is 5.06. The minimum absolute atomic E-state index is 0.532. The van der Waals surface area contributed by atoms with Crippen molar-refractivity contribution in [3.8, 4) is 0 Å². The molecule has 0 saturated heterocycles. The van der Waals surface area contributed by atoms with Crippen molar-refractivity contribution in [3.05, 3.63) is 44.9 Å². The number of hydrogen-bond donors (Lipinski definition) is 2. The first-order chi connectivity index (χ1) is 10.1. The first kappa shape index (κ1) is 17.0. The zero-order valence-electron chi connectivity index (χ0n) is 12.8. The van der Waals surface area contributed by atoms with Crippen LogP contribution in [-0.2, 0) is 13.1 Å². The molecule has 1 rings (SSSR count). The Hall–Kier alpha value is -2.10. The Morgan fingerprint density at radius 2 is 1.33 bits per heavy atom. The molecule has 1 aromatic rings. The maximum atomic E-state index is 8.39. The molecular weight excluding hydrogens is 264 g/mol. The van der Waals surface area contributed by atoms with E-state index in [9.17, 15) is 0 Å². The standard InChI is InChI=1S/C15H22N6/c1-11-8-12(2)15(10-19-5-7-21-17)13(3)14(11)9-18-4-6-20-16/h6-8,18-19H,4-5,9-10H2,1-3H3. The first-order valence-electron chi connectivity index (χ1n) is 6.93. The van der Waals surface area contributed by atoms with Crippen LogP contribution in [0, 0.1) is 20.8 Å². The molecule has 0 bridgehead atoms. The molecule has 1 aromatic carbocycles. The highest BCUT2D eigenvalue weighted by Gasteiger charge is 2.10. The normalized spacial score (nSPS) is 9.86. The second-order valence-corrected chi connectivity index (χ2v) is 4.95. The highest BCUT2D eigenvalue weighted by Crippen LogP contribution is 2.22. The molecule has 0 heterocycles. The molecule has 0 aliphatic heterocycles. The van der Waals surface area contributed by atoms with E-state index < -0.39 is 0 Å². The van der Waals surface area contributed by atoms with Crippen LogP contribution >= 0.6 is 0 Å². The van der Waals surface area contributed by atoms with Crippen molar-refractivity contribution in [2.24, 2.45) is 0 Å². The van der Waals surface area contributed by atoms with E-state index in [4.69, 9.17) is 11.1 Å². The van der Waals surface area contributed by atoms with Gasteiger partial charge in [0.1, 0.15) is 0 Å². The van der Waals surface area contributed by atoms with E-state index in [0.717, 1.165) is 13.1 Å². The summed E-state index contributed by atoms with van der Waals surface area (Å²) in [5, 5.41) is 6.45. The predicted octanol–water partition coefficient (Wildman–Crippen LogP) is 1.39. The van der Waals surface area contributed by atoms with Gasteiger partial charge < -0.3 is 21.7 Å². The lowest BCUT2D eigenvalue weighted by Crippen LogP contribution is -2.21. The van der Waals surface area contributed by atoms with E-state index in [1.807, 2.05) is 0 Å². The molecule has 0 atom stereocenters. The van der Waals surface area contributed by atoms with Crippen molar-refractivity contribution in [3.63, 3.8) is 0 Å². The zero-order chi connectivity index (χ0) is 15.7. The zero-order valence-corrected chi connectivity index (χ0v) is 12.8. The van der Waals surface area contributed by atoms with Crippen LogP contribution in [0.2, 0.25) is 0 Å². The van der Waals surface area contributed by atoms with Crippen molar-refractivity contribution < 1.29 is 9.58 Å². The van der Waals surface area contributed by atoms with Crippen molar-refractivity contribution >= 4 is 12.4 Å². The maximum absolute atomic E-state index is 8.39. The van der Waals surface area contributed by atoms with Crippen LogP contribution in [-0.4, -0.2) is 35.1 Å². The van der Waals surface area contributed by atoms with Gasteiger partial charge in [-0.25, -0.2) is 0 Å². The molecule has 6 heteroatoms. The molecule has 0 aromatic heterocycles. The molecule has 21 heavy (non-hydrogen) atoms. The van der Waals surface area contributed by atoms with Crippen molar-refractivity contribution in [1.29, 1.82) is 0 Å². The lowest BCUT2D eigenvalue weighted by atomic mass is 9.93. The molecular formula is C15H22N6. The van der Waals surface area contributed by atoms with Gasteiger partial charge in [-0.2, -0.15) is 9.58 Å². The van der Waals surface area contributed by atoms with Crippen molar-refractivity contribution in [2.75, 3.05) is 13.1 Å². The average molecular weight is 286 g/mol. The Bertz CT molecular complexity index is 532. The van der Waals surface area contributed by atoms with Gasteiger partial charge in [-0.1, -0.05) is 6.07 Å². The van der Waals surface area contributed by atoms with E-state index in [-0.39, 0.29) is 0 Å². The van der Waals surface area contributed by atoms with E-state index in [2.05, 4.69) is 47.1 Å². The number of hydrogen-bond acceptors (Lipinski definition) is 2. The lowest BCUT2D eigenvalue weighted by molar-refractivity contribution is 0.00116. The van der Waals surface area contributed by atoms with Crippen LogP contribution in [0.5, 0.6) is 0 Å². The fourth-order valence-electron chi connectivity index (χ4n) is 2.42. The second kappa shape index (κ2) is 8.95. The molecule has 0 aliphatic rings. The summed E-state index contributed by atoms with van der Waals surface area (Å²) in [6, 6.07) is 2.18. The molecule has 0 aliphatic carbocycles. The van der Waals surface area contributed by atoms with Gasteiger partial charge in [0, 0.05) is 13.1 Å². The van der Waals surface area contributed by atoms with Crippen molar-refractivity contribution in [2.45, 2.75) is 33.9 Å². The van der Waals surface area contributed by atoms with Crippen LogP contribution in [0.4, 0.5) is 0 Å². The average Bonchev–Trinajstić information content (AvgIpc) is 2.45. The highest BCUT2D eigenvalue weighted by atomic mass is 14.9. The predicted molar refractivity (Wildman–Crippen MR) is 83.4 cm³/mol. The summed E-state index contributed by atoms with van der Waals surface area (Å²) in [5.74, 6) is 0. The Balaban J connectivity index is 2.87. The van der Waals surface area contributed by atoms with Gasteiger partial charge in [-0.15, -0.1) is 0 Å². The summed E-state index contributed by atoms with van der Waals surface area (Å²) >= 11 is 0. The number of nitrogens with one attached hydrogen (secondary N) is 2. The van der Waals surface area contributed by atoms with Crippen LogP contribution in [0.3, 0.4) is 0 Å². The van der Waals surface area contributed by atoms with E-state index in [1.54, 1.807) is 0 Å². The Morgan fingerprint density at radius 1 is 0.905 bits per heavy atom. The van der Waals surface area contributed by atoms with E-state index >= 15 is 0 Å². The molecule has 0 unspecified atom stereocenters. The number of nitrogens with zero attached hydrogens (tertiary/aromatic N) is 4. The van der Waals surface area contributed by atoms with Gasteiger partial charge >= 0.3 is 0 Å². The van der Waals surface area contributed by atoms with Gasteiger partial charge in [0.05, 0.1) is 13.1 Å². The minimum atomic E-state index is 0.532. The smallest absolute Gasteiger partial charge is 0.271 e. The molecule has 0 saturated carbocycles. The summed E-state index contributed by atoms with van der Waals surface area (Å²) in [6.45, 7) is 8.85. The third-order valence-electron chi connectivity index (χ3n) is 3.53. The summed E-state index contributed by atoms with van der Waals surface area (Å²) in [4.78, 5) is 5.94. The van der Waals surface area contributed by atoms with Gasteiger partial charge in [0.25, 0.3) is 12.4 Å². The lowest BCUT2D eigenvalue weighted by Gasteiger charge is -2.17. The topological polar surface area (TPSA) is 96.9 Å². The van der Waals surface area contributed by atoms with Crippen LogP contribution in [0.25, 0.3) is 11.1 Å². The minimum Gasteiger partial charge on any atom is -0.362 e. The van der Waals surface area contributed by atoms with Gasteiger partial charge in [-0.3, -0.25) is 0 Å². The summed E-state index contributed by atoms with van der Waals surface area (Å²) in [6.07, 6.45) is 2.85. The molecule has 0 fully saturated rings. The largest absolute Gasteiger partial charge is 0.362 e. The van der Waals surface area contributed by atoms with Crippen LogP contribution in [0.15, 0.2) is 6.07 Å². The third-order valence-corrected chi connectivity index (χ3v) is 3.53. The monoisotopic (exact) mass is 286 g/mol. The Labute approximate surface area is 125 Å². The Morgan fingerprint density at radius 3 is 1.71 bits per heavy atom. The van der Waals surface area contributed by atoms with Crippen LogP contribution < -0.4 is 10.6 Å². The van der Waals surface area contributed by atoms with E-state index in [1.165, 1.54) is 40.2 Å². The second-order valence-electron chi connectivity index (χ2n) is 4.95. The summed E-state index contributed by atoms with van der Waals surface area (Å²) in [5.41, 5.74) is 23.1. The molecule has 0 amide bonds. The molecule has 112 valence electrons. The maximum Gasteiger partial charge on any atom is 0.271 e. The quantitative estimate of drug-likeness (QED) is 0.327. The van der Waals surface area contributed by atoms with Gasteiger partial charge in [0.2, 0.25) is 0 Å². The fraction of sp³-hybridized carbons (Fsp3) is 0.467. The van der Waals surface area contributed by atoms with Gasteiger partial charge in [0.15, 0.2) is 0 Å². The molecule has 2 N–H and O–H groups in total. The highest BCUT2D eigenvalue weighted by molar-refractivity contribution is 5.53. The van der Waals surface area contributed by atoms with Gasteiger partial charge in [-0.05, 0) is 48.6 Å². The Kier molecular flexibility index (Phi) is 7.23. The summed E-state index contributed by atoms with van der Waals surface area (Å²) in [7, 11) is 0. The molecule has 0 spiro atoms. The SMILES string of the molecule is Cc1cc(C)c(CNCC=[N+]=[N-])c(C)c1CNCC=[N+]=[N-]. The van der Waals surface area contributed by atoms with Crippen LogP contribution in [0.1, 0.15) is 27.8 Å².